The van der Waals surface area contributed by atoms with Gasteiger partial charge in [0.15, 0.2) is 0 Å². The van der Waals surface area contributed by atoms with E-state index in [2.05, 4.69) is 18.3 Å². The molecule has 1 aliphatic rings. The molecule has 2 aromatic carbocycles. The predicted octanol–water partition coefficient (Wildman–Crippen LogP) is 5.35. The summed E-state index contributed by atoms with van der Waals surface area (Å²) in [6, 6.07) is 17.5. The largest absolute Gasteiger partial charge is 0.351 e. The molecule has 1 saturated carbocycles. The van der Waals surface area contributed by atoms with E-state index in [4.69, 9.17) is 5.73 Å². The molecule has 27 heavy (non-hydrogen) atoms. The summed E-state index contributed by atoms with van der Waals surface area (Å²) in [4.78, 5) is 13.8. The van der Waals surface area contributed by atoms with E-state index in [9.17, 15) is 4.79 Å². The average Bonchev–Trinajstić information content (AvgIpc) is 2.69. The number of carbonyl (C=O) groups is 1. The van der Waals surface area contributed by atoms with Gasteiger partial charge in [0.2, 0.25) is 0 Å². The zero-order valence-electron chi connectivity index (χ0n) is 16.2. The topological polar surface area (TPSA) is 58.4 Å². The third-order valence-corrected chi connectivity index (χ3v) is 5.52. The molecule has 4 nitrogen and oxygen atoms in total. The van der Waals surface area contributed by atoms with Gasteiger partial charge in [-0.25, -0.2) is 4.79 Å². The molecule has 0 radical (unpaired) electrons. The Hall–Kier alpha value is -2.33. The Balaban J connectivity index is 1.70. The van der Waals surface area contributed by atoms with Crippen LogP contribution in [-0.4, -0.2) is 12.1 Å². The summed E-state index contributed by atoms with van der Waals surface area (Å²) in [5, 5.41) is 3.65. The number of amides is 2. The molecule has 1 unspecified atom stereocenters. The number of primary amides is 1. The molecule has 2 amide bonds. The van der Waals surface area contributed by atoms with E-state index in [1.807, 2.05) is 48.5 Å². The molecular weight excluding hydrogens is 334 g/mol. The van der Waals surface area contributed by atoms with Crippen molar-refractivity contribution in [1.82, 2.24) is 5.32 Å². The number of rotatable bonds is 7. The second-order valence-corrected chi connectivity index (χ2v) is 7.66. The Morgan fingerprint density at radius 1 is 1.07 bits per heavy atom. The van der Waals surface area contributed by atoms with E-state index in [1.54, 1.807) is 4.90 Å². The van der Waals surface area contributed by atoms with Gasteiger partial charge in [-0.05, 0) is 43.0 Å². The maximum absolute atomic E-state index is 12.2. The fourth-order valence-corrected chi connectivity index (χ4v) is 4.13. The number of nitrogens with zero attached hydrogens (tertiary/aromatic N) is 1. The Morgan fingerprint density at radius 2 is 1.74 bits per heavy atom. The van der Waals surface area contributed by atoms with Crippen molar-refractivity contribution in [3.8, 4) is 0 Å². The number of urea groups is 1. The Kier molecular flexibility index (Phi) is 6.88. The van der Waals surface area contributed by atoms with E-state index in [0.717, 1.165) is 29.4 Å². The lowest BCUT2D eigenvalue weighted by Gasteiger charge is -2.27. The highest BCUT2D eigenvalue weighted by Gasteiger charge is 2.19. The first kappa shape index (κ1) is 19.4. The van der Waals surface area contributed by atoms with Crippen molar-refractivity contribution in [2.75, 3.05) is 4.90 Å². The minimum absolute atomic E-state index is 0.458. The SMILES string of the molecule is CC(CC1CCCCC1)NCc1ccccc1N(C(N)=O)c1ccccc1. The average molecular weight is 366 g/mol. The van der Waals surface area contributed by atoms with Gasteiger partial charge in [0.25, 0.3) is 0 Å². The zero-order chi connectivity index (χ0) is 19.1. The molecule has 0 saturated heterocycles. The second kappa shape index (κ2) is 9.56. The summed E-state index contributed by atoms with van der Waals surface area (Å²) in [6.45, 7) is 2.99. The van der Waals surface area contributed by atoms with Crippen molar-refractivity contribution in [1.29, 1.82) is 0 Å². The summed E-state index contributed by atoms with van der Waals surface area (Å²) in [5.74, 6) is 0.850. The zero-order valence-corrected chi connectivity index (χ0v) is 16.2. The number of benzene rings is 2. The summed E-state index contributed by atoms with van der Waals surface area (Å²) in [5.41, 5.74) is 8.42. The summed E-state index contributed by atoms with van der Waals surface area (Å²) >= 11 is 0. The fraction of sp³-hybridized carbons (Fsp3) is 0.435. The Labute approximate surface area is 162 Å². The first-order chi connectivity index (χ1) is 13.1. The van der Waals surface area contributed by atoms with Gasteiger partial charge in [-0.2, -0.15) is 0 Å². The van der Waals surface area contributed by atoms with Gasteiger partial charge >= 0.3 is 6.03 Å². The normalized spacial score (nSPS) is 16.0. The molecule has 0 aliphatic heterocycles. The molecule has 4 heteroatoms. The van der Waals surface area contributed by atoms with Crippen molar-refractivity contribution in [3.63, 3.8) is 0 Å². The minimum Gasteiger partial charge on any atom is -0.351 e. The van der Waals surface area contributed by atoms with Gasteiger partial charge in [0, 0.05) is 12.6 Å². The lowest BCUT2D eigenvalue weighted by Crippen LogP contribution is -2.33. The first-order valence-electron chi connectivity index (χ1n) is 10.1. The van der Waals surface area contributed by atoms with E-state index in [-0.39, 0.29) is 0 Å². The lowest BCUT2D eigenvalue weighted by molar-refractivity contribution is 0.256. The third-order valence-electron chi connectivity index (χ3n) is 5.52. The van der Waals surface area contributed by atoms with Crippen LogP contribution in [0.2, 0.25) is 0 Å². The van der Waals surface area contributed by atoms with E-state index in [1.165, 1.54) is 38.5 Å². The number of carbonyl (C=O) groups excluding carboxylic acids is 1. The first-order valence-corrected chi connectivity index (χ1v) is 10.1. The Bertz CT molecular complexity index is 725. The molecule has 0 spiro atoms. The van der Waals surface area contributed by atoms with E-state index in [0.29, 0.717) is 6.04 Å². The smallest absolute Gasteiger partial charge is 0.323 e. The summed E-state index contributed by atoms with van der Waals surface area (Å²) in [6.07, 6.45) is 8.11. The van der Waals surface area contributed by atoms with Crippen LogP contribution in [0.25, 0.3) is 0 Å². The van der Waals surface area contributed by atoms with Crippen molar-refractivity contribution in [2.45, 2.75) is 58.0 Å². The summed E-state index contributed by atoms with van der Waals surface area (Å²) in [7, 11) is 0. The van der Waals surface area contributed by atoms with Gasteiger partial charge in [0.1, 0.15) is 0 Å². The molecule has 3 N–H and O–H groups in total. The third kappa shape index (κ3) is 5.33. The molecule has 1 aliphatic carbocycles. The lowest BCUT2D eigenvalue weighted by atomic mass is 9.85. The van der Waals surface area contributed by atoms with Gasteiger partial charge in [-0.1, -0.05) is 68.5 Å². The molecular formula is C23H31N3O. The maximum Gasteiger partial charge on any atom is 0.323 e. The standard InChI is InChI=1S/C23H31N3O/c1-18(16-19-10-4-2-5-11-19)25-17-20-12-8-9-15-22(20)26(23(24)27)21-13-6-3-7-14-21/h3,6-9,12-15,18-19,25H,2,4-5,10-11,16-17H2,1H3,(H2,24,27). The number of hydrogen-bond donors (Lipinski definition) is 2. The van der Waals surface area contributed by atoms with E-state index >= 15 is 0 Å². The van der Waals surface area contributed by atoms with Crippen LogP contribution in [0, 0.1) is 5.92 Å². The molecule has 0 heterocycles. The van der Waals surface area contributed by atoms with Crippen molar-refractivity contribution in [3.05, 3.63) is 60.2 Å². The highest BCUT2D eigenvalue weighted by atomic mass is 16.2. The molecule has 3 rings (SSSR count). The van der Waals surface area contributed by atoms with Crippen LogP contribution in [0.5, 0.6) is 0 Å². The number of nitrogens with two attached hydrogens (primary N) is 1. The van der Waals surface area contributed by atoms with Crippen molar-refractivity contribution in [2.24, 2.45) is 11.7 Å². The molecule has 0 bridgehead atoms. The van der Waals surface area contributed by atoms with Crippen LogP contribution >= 0.6 is 0 Å². The van der Waals surface area contributed by atoms with Crippen LogP contribution in [-0.2, 0) is 6.54 Å². The van der Waals surface area contributed by atoms with Gasteiger partial charge in [-0.15, -0.1) is 0 Å². The van der Waals surface area contributed by atoms with Crippen molar-refractivity contribution < 1.29 is 4.79 Å². The minimum atomic E-state index is -0.469. The van der Waals surface area contributed by atoms with Crippen LogP contribution in [0.3, 0.4) is 0 Å². The maximum atomic E-state index is 12.2. The van der Waals surface area contributed by atoms with Gasteiger partial charge in [0.05, 0.1) is 11.4 Å². The number of nitrogens with one attached hydrogen (secondary N) is 1. The monoisotopic (exact) mass is 365 g/mol. The number of hydrogen-bond acceptors (Lipinski definition) is 2. The van der Waals surface area contributed by atoms with E-state index < -0.39 is 6.03 Å². The second-order valence-electron chi connectivity index (χ2n) is 7.66. The fourth-order valence-electron chi connectivity index (χ4n) is 4.13. The number of anilines is 2. The molecule has 1 atom stereocenters. The molecule has 1 fully saturated rings. The molecule has 0 aromatic heterocycles. The Morgan fingerprint density at radius 3 is 2.44 bits per heavy atom. The summed E-state index contributed by atoms with van der Waals surface area (Å²) < 4.78 is 0. The predicted molar refractivity (Wildman–Crippen MR) is 112 cm³/mol. The highest BCUT2D eigenvalue weighted by Crippen LogP contribution is 2.29. The number of para-hydroxylation sites is 2. The highest BCUT2D eigenvalue weighted by molar-refractivity contribution is 5.99. The molecule has 2 aromatic rings. The quantitative estimate of drug-likeness (QED) is 0.694. The van der Waals surface area contributed by atoms with Crippen LogP contribution in [0.4, 0.5) is 16.2 Å². The van der Waals surface area contributed by atoms with Gasteiger partial charge in [-0.3, -0.25) is 4.90 Å². The molecule has 144 valence electrons. The van der Waals surface area contributed by atoms with Crippen LogP contribution in [0.15, 0.2) is 54.6 Å². The van der Waals surface area contributed by atoms with Crippen LogP contribution in [0.1, 0.15) is 51.0 Å². The van der Waals surface area contributed by atoms with Crippen molar-refractivity contribution >= 4 is 17.4 Å². The van der Waals surface area contributed by atoms with Crippen LogP contribution < -0.4 is 16.0 Å². The van der Waals surface area contributed by atoms with Gasteiger partial charge < -0.3 is 11.1 Å².